The van der Waals surface area contributed by atoms with Crippen molar-refractivity contribution in [2.45, 2.75) is 39.0 Å². The molecule has 6 nitrogen and oxygen atoms in total. The number of para-hydroxylation sites is 2. The van der Waals surface area contributed by atoms with Gasteiger partial charge in [-0.25, -0.2) is 4.98 Å². The molecule has 1 N–H and O–H groups in total. The first kappa shape index (κ1) is 21.2. The molecule has 0 bridgehead atoms. The van der Waals surface area contributed by atoms with Crippen LogP contribution in [-0.2, 0) is 17.9 Å². The van der Waals surface area contributed by atoms with Gasteiger partial charge in [-0.1, -0.05) is 30.0 Å². The molecule has 0 aliphatic rings. The molecule has 0 fully saturated rings. The molecule has 3 heterocycles. The summed E-state index contributed by atoms with van der Waals surface area (Å²) in [7, 11) is 0. The summed E-state index contributed by atoms with van der Waals surface area (Å²) < 4.78 is 4.13. The highest BCUT2D eigenvalue weighted by Gasteiger charge is 2.20. The van der Waals surface area contributed by atoms with Gasteiger partial charge in [0.05, 0.1) is 28.9 Å². The maximum absolute atomic E-state index is 12.9. The molecule has 0 aliphatic heterocycles. The van der Waals surface area contributed by atoms with Crippen LogP contribution in [0.5, 0.6) is 0 Å². The van der Waals surface area contributed by atoms with Gasteiger partial charge >= 0.3 is 0 Å². The van der Waals surface area contributed by atoms with Crippen LogP contribution < -0.4 is 5.32 Å². The van der Waals surface area contributed by atoms with Gasteiger partial charge in [-0.3, -0.25) is 4.79 Å². The summed E-state index contributed by atoms with van der Waals surface area (Å²) in [6, 6.07) is 14.3. The van der Waals surface area contributed by atoms with Crippen LogP contribution in [0.2, 0.25) is 0 Å². The van der Waals surface area contributed by atoms with Crippen molar-refractivity contribution in [2.24, 2.45) is 0 Å². The molecule has 0 radical (unpaired) electrons. The summed E-state index contributed by atoms with van der Waals surface area (Å²) in [5, 5.41) is 15.5. The van der Waals surface area contributed by atoms with Crippen LogP contribution in [0.25, 0.3) is 11.0 Å². The van der Waals surface area contributed by atoms with E-state index in [4.69, 9.17) is 0 Å². The van der Waals surface area contributed by atoms with Crippen LogP contribution in [0.4, 0.5) is 5.82 Å². The second-order valence-corrected chi connectivity index (χ2v) is 9.15. The maximum Gasteiger partial charge on any atom is 0.235 e. The van der Waals surface area contributed by atoms with Gasteiger partial charge in [0.15, 0.2) is 5.16 Å². The molecule has 31 heavy (non-hydrogen) atoms. The van der Waals surface area contributed by atoms with Crippen LogP contribution in [0.1, 0.15) is 28.6 Å². The topological polar surface area (TPSA) is 75.6 Å². The second kappa shape index (κ2) is 9.00. The predicted octanol–water partition coefficient (Wildman–Crippen LogP) is 5.19. The normalized spacial score (nSPS) is 11.0. The summed E-state index contributed by atoms with van der Waals surface area (Å²) in [5.41, 5.74) is 4.40. The minimum absolute atomic E-state index is 0.152. The summed E-state index contributed by atoms with van der Waals surface area (Å²) in [6.07, 6.45) is 0. The largest absolute Gasteiger partial charge is 0.325 e. The zero-order valence-corrected chi connectivity index (χ0v) is 19.3. The predicted molar refractivity (Wildman–Crippen MR) is 127 cm³/mol. The van der Waals surface area contributed by atoms with Gasteiger partial charge in [0.1, 0.15) is 11.9 Å². The number of thioether (sulfide) groups is 1. The molecule has 4 rings (SSSR count). The van der Waals surface area contributed by atoms with Crippen LogP contribution in [0, 0.1) is 25.2 Å². The highest BCUT2D eigenvalue weighted by Crippen LogP contribution is 2.29. The van der Waals surface area contributed by atoms with Gasteiger partial charge in [0.25, 0.3) is 0 Å². The number of fused-ring (bicyclic) bond motifs is 1. The van der Waals surface area contributed by atoms with Crippen LogP contribution in [0.3, 0.4) is 0 Å². The number of rotatable bonds is 7. The smallest absolute Gasteiger partial charge is 0.235 e. The van der Waals surface area contributed by atoms with Crippen molar-refractivity contribution >= 4 is 45.9 Å². The van der Waals surface area contributed by atoms with Crippen molar-refractivity contribution in [1.82, 2.24) is 14.1 Å². The van der Waals surface area contributed by atoms with Gasteiger partial charge < -0.3 is 14.5 Å². The maximum atomic E-state index is 12.9. The monoisotopic (exact) mass is 449 g/mol. The molecule has 0 aliphatic carbocycles. The minimum atomic E-state index is -0.152. The van der Waals surface area contributed by atoms with E-state index < -0.39 is 0 Å². The van der Waals surface area contributed by atoms with Crippen LogP contribution >= 0.6 is 23.1 Å². The summed E-state index contributed by atoms with van der Waals surface area (Å²) in [6.45, 7) is 7.39. The van der Waals surface area contributed by atoms with Crippen molar-refractivity contribution < 1.29 is 4.79 Å². The number of aromatic nitrogens is 3. The van der Waals surface area contributed by atoms with Crippen molar-refractivity contribution in [3.8, 4) is 6.07 Å². The number of carbonyl (C=O) groups is 1. The van der Waals surface area contributed by atoms with Crippen molar-refractivity contribution in [3.05, 3.63) is 63.5 Å². The SMILES string of the molecule is CCn1c(SCC(=O)Nc2c(C#N)c(C)c(C)n2Cc2cccs2)nc2ccccc21. The Morgan fingerprint density at radius 1 is 1.23 bits per heavy atom. The standard InChI is InChI=1S/C23H23N5OS2/c1-4-27-20-10-6-5-9-19(20)25-23(27)31-14-21(29)26-22-18(12-24)15(2)16(3)28(22)13-17-8-7-11-30-17/h5-11H,4,13-14H2,1-3H3,(H,26,29). The average molecular weight is 450 g/mol. The van der Waals surface area contributed by atoms with E-state index >= 15 is 0 Å². The summed E-state index contributed by atoms with van der Waals surface area (Å²) in [4.78, 5) is 18.7. The fourth-order valence-electron chi connectivity index (χ4n) is 3.65. The molecule has 0 spiro atoms. The first-order valence-corrected chi connectivity index (χ1v) is 11.9. The molecule has 0 unspecified atom stereocenters. The zero-order valence-electron chi connectivity index (χ0n) is 17.7. The number of hydrogen-bond acceptors (Lipinski definition) is 5. The fourth-order valence-corrected chi connectivity index (χ4v) is 5.23. The highest BCUT2D eigenvalue weighted by molar-refractivity contribution is 7.99. The van der Waals surface area contributed by atoms with E-state index in [-0.39, 0.29) is 11.7 Å². The number of anilines is 1. The zero-order chi connectivity index (χ0) is 22.0. The van der Waals surface area contributed by atoms with E-state index in [0.29, 0.717) is 17.9 Å². The third-order valence-electron chi connectivity index (χ3n) is 5.36. The number of nitrogens with one attached hydrogen (secondary N) is 1. The Labute approximate surface area is 189 Å². The van der Waals surface area contributed by atoms with Gasteiger partial charge in [-0.05, 0) is 49.9 Å². The number of aryl methyl sites for hydroxylation is 1. The molecule has 0 atom stereocenters. The summed E-state index contributed by atoms with van der Waals surface area (Å²) in [5.74, 6) is 0.637. The number of hydrogen-bond donors (Lipinski definition) is 1. The Balaban J connectivity index is 1.55. The lowest BCUT2D eigenvalue weighted by molar-refractivity contribution is -0.113. The van der Waals surface area contributed by atoms with E-state index in [1.54, 1.807) is 11.3 Å². The number of imidazole rings is 1. The number of thiophene rings is 1. The van der Waals surface area contributed by atoms with Crippen molar-refractivity contribution in [3.63, 3.8) is 0 Å². The lowest BCUT2D eigenvalue weighted by Gasteiger charge is -2.12. The molecule has 1 aromatic carbocycles. The molecular formula is C23H23N5OS2. The quantitative estimate of drug-likeness (QED) is 0.394. The van der Waals surface area contributed by atoms with Gasteiger partial charge in [0, 0.05) is 17.1 Å². The van der Waals surface area contributed by atoms with E-state index in [1.165, 1.54) is 16.6 Å². The van der Waals surface area contributed by atoms with Crippen molar-refractivity contribution in [2.75, 3.05) is 11.1 Å². The Kier molecular flexibility index (Phi) is 6.16. The first-order chi connectivity index (χ1) is 15.0. The van der Waals surface area contributed by atoms with Gasteiger partial charge in [-0.15, -0.1) is 11.3 Å². The molecule has 0 saturated heterocycles. The molecule has 8 heteroatoms. The fraction of sp³-hybridized carbons (Fsp3) is 0.261. The molecule has 1 amide bonds. The van der Waals surface area contributed by atoms with Crippen molar-refractivity contribution in [1.29, 1.82) is 5.26 Å². The average Bonchev–Trinajstić information content (AvgIpc) is 3.46. The summed E-state index contributed by atoms with van der Waals surface area (Å²) >= 11 is 3.07. The third kappa shape index (κ3) is 4.11. The Hall–Kier alpha value is -3.02. The van der Waals surface area contributed by atoms with E-state index in [1.807, 2.05) is 54.1 Å². The van der Waals surface area contributed by atoms with Crippen LogP contribution in [-0.4, -0.2) is 25.8 Å². The van der Waals surface area contributed by atoms with Crippen LogP contribution in [0.15, 0.2) is 46.9 Å². The van der Waals surface area contributed by atoms with Gasteiger partial charge in [0.2, 0.25) is 5.91 Å². The second-order valence-electron chi connectivity index (χ2n) is 7.18. The lowest BCUT2D eigenvalue weighted by atomic mass is 10.2. The molecule has 3 aromatic heterocycles. The molecular weight excluding hydrogens is 426 g/mol. The molecule has 0 saturated carbocycles. The number of nitrogens with zero attached hydrogens (tertiary/aromatic N) is 4. The minimum Gasteiger partial charge on any atom is -0.325 e. The van der Waals surface area contributed by atoms with Gasteiger partial charge in [-0.2, -0.15) is 5.26 Å². The Bertz CT molecular complexity index is 1280. The van der Waals surface area contributed by atoms with E-state index in [2.05, 4.69) is 33.9 Å². The first-order valence-electron chi connectivity index (χ1n) is 10.0. The lowest BCUT2D eigenvalue weighted by Crippen LogP contribution is -2.18. The Morgan fingerprint density at radius 2 is 2.03 bits per heavy atom. The van der Waals surface area contributed by atoms with E-state index in [9.17, 15) is 10.1 Å². The number of carbonyl (C=O) groups excluding carboxylic acids is 1. The Morgan fingerprint density at radius 3 is 2.74 bits per heavy atom. The van der Waals surface area contributed by atoms with E-state index in [0.717, 1.165) is 34.0 Å². The number of nitriles is 1. The highest BCUT2D eigenvalue weighted by atomic mass is 32.2. The molecule has 4 aromatic rings. The molecule has 158 valence electrons. The number of benzene rings is 1. The third-order valence-corrected chi connectivity index (χ3v) is 7.20. The number of amides is 1.